The van der Waals surface area contributed by atoms with Crippen molar-refractivity contribution in [2.45, 2.75) is 11.4 Å². The second kappa shape index (κ2) is 9.21. The van der Waals surface area contributed by atoms with Gasteiger partial charge in [-0.25, -0.2) is 17.8 Å². The largest absolute Gasteiger partial charge is 0.354 e. The number of sulfonamides is 1. The molecule has 0 unspecified atom stereocenters. The van der Waals surface area contributed by atoms with E-state index in [0.29, 0.717) is 5.69 Å². The van der Waals surface area contributed by atoms with Gasteiger partial charge < -0.3 is 4.90 Å². The van der Waals surface area contributed by atoms with E-state index in [1.54, 1.807) is 12.1 Å². The molecular weight excluding hydrogens is 439 g/mol. The molecule has 2 heterocycles. The molecule has 0 spiro atoms. The molecule has 1 saturated heterocycles. The maximum Gasteiger partial charge on any atom is 0.261 e. The lowest BCUT2D eigenvalue weighted by Crippen LogP contribution is -2.46. The number of halogens is 2. The lowest BCUT2D eigenvalue weighted by Gasteiger charge is -2.35. The van der Waals surface area contributed by atoms with Crippen LogP contribution in [-0.4, -0.2) is 44.5 Å². The zero-order valence-electron chi connectivity index (χ0n) is 16.7. The molecule has 31 heavy (non-hydrogen) atoms. The molecule has 9 heteroatoms. The molecule has 1 aliphatic rings. The number of hydrogen-bond acceptors (Lipinski definition) is 5. The summed E-state index contributed by atoms with van der Waals surface area (Å²) in [5, 5.41) is 0.739. The highest BCUT2D eigenvalue weighted by Crippen LogP contribution is 2.20. The van der Waals surface area contributed by atoms with Crippen LogP contribution in [0.15, 0.2) is 71.8 Å². The second-order valence-corrected chi connectivity index (χ2v) is 9.47. The van der Waals surface area contributed by atoms with E-state index < -0.39 is 15.8 Å². The molecule has 4 rings (SSSR count). The van der Waals surface area contributed by atoms with Crippen LogP contribution in [0.2, 0.25) is 5.02 Å². The summed E-state index contributed by atoms with van der Waals surface area (Å²) in [6.45, 7) is 4.36. The van der Waals surface area contributed by atoms with Crippen LogP contribution < -0.4 is 9.62 Å². The average molecular weight is 461 g/mol. The minimum absolute atomic E-state index is 0.00483. The smallest absolute Gasteiger partial charge is 0.261 e. The van der Waals surface area contributed by atoms with E-state index in [9.17, 15) is 12.8 Å². The predicted molar refractivity (Wildman–Crippen MR) is 120 cm³/mol. The highest BCUT2D eigenvalue weighted by atomic mass is 35.5. The van der Waals surface area contributed by atoms with Gasteiger partial charge in [-0.1, -0.05) is 23.7 Å². The molecular formula is C22H22ClFN4O2S. The van der Waals surface area contributed by atoms with E-state index in [2.05, 4.69) is 19.5 Å². The van der Waals surface area contributed by atoms with E-state index in [0.717, 1.165) is 55.7 Å². The fourth-order valence-corrected chi connectivity index (χ4v) is 4.61. The summed E-state index contributed by atoms with van der Waals surface area (Å²) in [5.74, 6) is 0.314. The molecule has 1 aromatic heterocycles. The highest BCUT2D eigenvalue weighted by Gasteiger charge is 2.19. The number of hydrogen-bond donors (Lipinski definition) is 1. The zero-order chi connectivity index (χ0) is 21.8. The van der Waals surface area contributed by atoms with Gasteiger partial charge >= 0.3 is 0 Å². The van der Waals surface area contributed by atoms with Crippen molar-refractivity contribution in [3.8, 4) is 0 Å². The van der Waals surface area contributed by atoms with Gasteiger partial charge in [-0.3, -0.25) is 9.62 Å². The first kappa shape index (κ1) is 21.5. The van der Waals surface area contributed by atoms with Gasteiger partial charge in [-0.15, -0.1) is 0 Å². The standard InChI is InChI=1S/C22H22ClFN4O2S/c23-18-3-1-17(2-4-18)16-27-11-13-28(14-12-27)22-10-7-20(15-25-22)26-31(29,30)21-8-5-19(24)6-9-21/h1-10,15,26H,11-14,16H2. The van der Waals surface area contributed by atoms with Crippen molar-refractivity contribution in [1.29, 1.82) is 0 Å². The number of anilines is 2. The lowest BCUT2D eigenvalue weighted by molar-refractivity contribution is 0.249. The lowest BCUT2D eigenvalue weighted by atomic mass is 10.2. The third kappa shape index (κ3) is 5.52. The molecule has 0 bridgehead atoms. The van der Waals surface area contributed by atoms with Gasteiger partial charge in [0.15, 0.2) is 0 Å². The Kier molecular flexibility index (Phi) is 6.41. The third-order valence-corrected chi connectivity index (χ3v) is 6.79. The number of aromatic nitrogens is 1. The molecule has 0 saturated carbocycles. The van der Waals surface area contributed by atoms with Crippen molar-refractivity contribution >= 4 is 33.1 Å². The first-order chi connectivity index (χ1) is 14.9. The normalized spacial score (nSPS) is 15.1. The molecule has 0 aliphatic carbocycles. The minimum atomic E-state index is -3.79. The number of rotatable bonds is 6. The van der Waals surface area contributed by atoms with Crippen molar-refractivity contribution in [3.05, 3.63) is 83.3 Å². The number of nitrogens with zero attached hydrogens (tertiary/aromatic N) is 3. The Labute approximate surface area is 186 Å². The fraction of sp³-hybridized carbons (Fsp3) is 0.227. The summed E-state index contributed by atoms with van der Waals surface area (Å²) in [7, 11) is -3.79. The van der Waals surface area contributed by atoms with E-state index in [-0.39, 0.29) is 4.90 Å². The zero-order valence-corrected chi connectivity index (χ0v) is 18.3. The Morgan fingerprint density at radius 2 is 1.61 bits per heavy atom. The van der Waals surface area contributed by atoms with Crippen LogP contribution in [0.25, 0.3) is 0 Å². The quantitative estimate of drug-likeness (QED) is 0.602. The van der Waals surface area contributed by atoms with Gasteiger partial charge in [0.25, 0.3) is 10.0 Å². The number of benzene rings is 2. The molecule has 0 amide bonds. The van der Waals surface area contributed by atoms with Gasteiger partial charge in [0.05, 0.1) is 16.8 Å². The first-order valence-electron chi connectivity index (χ1n) is 9.85. The van der Waals surface area contributed by atoms with Crippen molar-refractivity contribution in [3.63, 3.8) is 0 Å². The summed E-state index contributed by atoms with van der Waals surface area (Å²) >= 11 is 5.95. The van der Waals surface area contributed by atoms with E-state index in [1.165, 1.54) is 23.9 Å². The number of pyridine rings is 1. The fourth-order valence-electron chi connectivity index (χ4n) is 3.44. The summed E-state index contributed by atoms with van der Waals surface area (Å²) in [4.78, 5) is 8.97. The SMILES string of the molecule is O=S(=O)(Nc1ccc(N2CCN(Cc3ccc(Cl)cc3)CC2)nc1)c1ccc(F)cc1. The second-order valence-electron chi connectivity index (χ2n) is 7.35. The molecule has 1 N–H and O–H groups in total. The Bertz CT molecular complexity index is 1120. The van der Waals surface area contributed by atoms with Crippen LogP contribution >= 0.6 is 11.6 Å². The molecule has 0 atom stereocenters. The van der Waals surface area contributed by atoms with Crippen molar-refractivity contribution in [1.82, 2.24) is 9.88 Å². The van der Waals surface area contributed by atoms with Gasteiger partial charge in [-0.05, 0) is 54.1 Å². The van der Waals surface area contributed by atoms with Crippen molar-refractivity contribution < 1.29 is 12.8 Å². The van der Waals surface area contributed by atoms with Crippen LogP contribution in [0.4, 0.5) is 15.9 Å². The minimum Gasteiger partial charge on any atom is -0.354 e. The monoisotopic (exact) mass is 460 g/mol. The van der Waals surface area contributed by atoms with E-state index in [1.807, 2.05) is 24.3 Å². The molecule has 3 aromatic rings. The van der Waals surface area contributed by atoms with Crippen LogP contribution in [-0.2, 0) is 16.6 Å². The molecule has 0 radical (unpaired) electrons. The average Bonchev–Trinajstić information content (AvgIpc) is 2.77. The third-order valence-electron chi connectivity index (χ3n) is 5.14. The Hall–Kier alpha value is -2.68. The Morgan fingerprint density at radius 1 is 0.935 bits per heavy atom. The first-order valence-corrected chi connectivity index (χ1v) is 11.7. The molecule has 2 aromatic carbocycles. The maximum absolute atomic E-state index is 13.0. The highest BCUT2D eigenvalue weighted by molar-refractivity contribution is 7.92. The van der Waals surface area contributed by atoms with Crippen LogP contribution in [0, 0.1) is 5.82 Å². The molecule has 1 aliphatic heterocycles. The Balaban J connectivity index is 1.33. The van der Waals surface area contributed by atoms with E-state index >= 15 is 0 Å². The van der Waals surface area contributed by atoms with Gasteiger partial charge in [-0.2, -0.15) is 0 Å². The molecule has 1 fully saturated rings. The predicted octanol–water partition coefficient (Wildman–Crippen LogP) is 4.00. The van der Waals surface area contributed by atoms with Crippen molar-refractivity contribution in [2.75, 3.05) is 35.8 Å². The maximum atomic E-state index is 13.0. The summed E-state index contributed by atoms with van der Waals surface area (Å²) in [6.07, 6.45) is 1.50. The van der Waals surface area contributed by atoms with Crippen LogP contribution in [0.3, 0.4) is 0 Å². The Morgan fingerprint density at radius 3 is 2.23 bits per heavy atom. The number of nitrogens with one attached hydrogen (secondary N) is 1. The van der Waals surface area contributed by atoms with Crippen LogP contribution in [0.1, 0.15) is 5.56 Å². The van der Waals surface area contributed by atoms with Gasteiger partial charge in [0, 0.05) is 37.7 Å². The van der Waals surface area contributed by atoms with Crippen molar-refractivity contribution in [2.24, 2.45) is 0 Å². The number of piperazine rings is 1. The van der Waals surface area contributed by atoms with E-state index in [4.69, 9.17) is 11.6 Å². The van der Waals surface area contributed by atoms with Gasteiger partial charge in [0.2, 0.25) is 0 Å². The van der Waals surface area contributed by atoms with Gasteiger partial charge in [0.1, 0.15) is 11.6 Å². The van der Waals surface area contributed by atoms with Crippen LogP contribution in [0.5, 0.6) is 0 Å². The summed E-state index contributed by atoms with van der Waals surface area (Å²) in [6, 6.07) is 16.1. The summed E-state index contributed by atoms with van der Waals surface area (Å²) < 4.78 is 40.3. The molecule has 6 nitrogen and oxygen atoms in total. The molecule has 162 valence electrons. The topological polar surface area (TPSA) is 65.5 Å². The summed E-state index contributed by atoms with van der Waals surface area (Å²) in [5.41, 5.74) is 1.59.